The van der Waals surface area contributed by atoms with Crippen molar-refractivity contribution in [1.82, 2.24) is 20.8 Å². The lowest BCUT2D eigenvalue weighted by Gasteiger charge is -2.23. The fourth-order valence-corrected chi connectivity index (χ4v) is 1.21. The number of aryl methyl sites for hydroxylation is 1. The van der Waals surface area contributed by atoms with Gasteiger partial charge in [-0.2, -0.15) is 4.98 Å². The molecule has 0 atom stereocenters. The standard InChI is InChI=1S/C11H21N5O.HI/c1-6-12-10(15-11(3,4)5)13-7-9-14-8(2)16-17-9;/h6-7H2,1-5H3,(H2,12,13,15);1H. The minimum atomic E-state index is -0.0359. The van der Waals surface area contributed by atoms with Crippen LogP contribution in [0.25, 0.3) is 0 Å². The molecular formula is C11H22IN5O. The first kappa shape index (κ1) is 17.1. The largest absolute Gasteiger partial charge is 0.357 e. The van der Waals surface area contributed by atoms with E-state index in [0.29, 0.717) is 18.3 Å². The van der Waals surface area contributed by atoms with E-state index in [2.05, 4.69) is 46.5 Å². The van der Waals surface area contributed by atoms with Crippen molar-refractivity contribution in [1.29, 1.82) is 0 Å². The number of aliphatic imine (C=N–C) groups is 1. The van der Waals surface area contributed by atoms with Crippen LogP contribution in [0, 0.1) is 6.92 Å². The second-order valence-corrected chi connectivity index (χ2v) is 4.81. The number of hydrogen-bond donors (Lipinski definition) is 2. The highest BCUT2D eigenvalue weighted by molar-refractivity contribution is 14.0. The predicted octanol–water partition coefficient (Wildman–Crippen LogP) is 1.85. The summed E-state index contributed by atoms with van der Waals surface area (Å²) < 4.78 is 5.00. The summed E-state index contributed by atoms with van der Waals surface area (Å²) in [7, 11) is 0. The van der Waals surface area contributed by atoms with Crippen LogP contribution >= 0.6 is 24.0 Å². The average Bonchev–Trinajstić information content (AvgIpc) is 2.59. The van der Waals surface area contributed by atoms with Crippen LogP contribution in [0.1, 0.15) is 39.4 Å². The second-order valence-electron chi connectivity index (χ2n) is 4.81. The second kappa shape index (κ2) is 7.55. The van der Waals surface area contributed by atoms with E-state index in [-0.39, 0.29) is 29.5 Å². The van der Waals surface area contributed by atoms with Crippen molar-refractivity contribution in [2.24, 2.45) is 4.99 Å². The minimum absolute atomic E-state index is 0. The van der Waals surface area contributed by atoms with Gasteiger partial charge in [-0.15, -0.1) is 24.0 Å². The van der Waals surface area contributed by atoms with Crippen LogP contribution in [0.4, 0.5) is 0 Å². The lowest BCUT2D eigenvalue weighted by molar-refractivity contribution is 0.376. The molecular weight excluding hydrogens is 345 g/mol. The van der Waals surface area contributed by atoms with Gasteiger partial charge in [0.25, 0.3) is 0 Å². The quantitative estimate of drug-likeness (QED) is 0.485. The van der Waals surface area contributed by atoms with Crippen molar-refractivity contribution < 1.29 is 4.52 Å². The number of guanidine groups is 1. The van der Waals surface area contributed by atoms with Gasteiger partial charge >= 0.3 is 0 Å². The molecule has 1 rings (SSSR count). The van der Waals surface area contributed by atoms with E-state index in [0.717, 1.165) is 12.5 Å². The molecule has 1 heterocycles. The van der Waals surface area contributed by atoms with Crippen molar-refractivity contribution >= 4 is 29.9 Å². The maximum absolute atomic E-state index is 5.00. The molecule has 0 fully saturated rings. The molecule has 0 aliphatic rings. The average molecular weight is 367 g/mol. The van der Waals surface area contributed by atoms with Gasteiger partial charge in [-0.3, -0.25) is 0 Å². The molecule has 0 aliphatic heterocycles. The molecule has 6 nitrogen and oxygen atoms in total. The summed E-state index contributed by atoms with van der Waals surface area (Å²) in [5, 5.41) is 10.2. The summed E-state index contributed by atoms with van der Waals surface area (Å²) in [5.74, 6) is 1.90. The Morgan fingerprint density at radius 3 is 2.50 bits per heavy atom. The van der Waals surface area contributed by atoms with E-state index < -0.39 is 0 Å². The van der Waals surface area contributed by atoms with Crippen LogP contribution < -0.4 is 10.6 Å². The van der Waals surface area contributed by atoms with Crippen molar-refractivity contribution in [3.05, 3.63) is 11.7 Å². The number of halogens is 1. The first-order valence-electron chi connectivity index (χ1n) is 5.76. The van der Waals surface area contributed by atoms with Crippen LogP contribution in [-0.4, -0.2) is 28.2 Å². The van der Waals surface area contributed by atoms with Crippen molar-refractivity contribution in [3.63, 3.8) is 0 Å². The zero-order chi connectivity index (χ0) is 12.9. The van der Waals surface area contributed by atoms with E-state index in [1.807, 2.05) is 6.92 Å². The minimum Gasteiger partial charge on any atom is -0.357 e. The topological polar surface area (TPSA) is 75.3 Å². The van der Waals surface area contributed by atoms with Crippen LogP contribution in [-0.2, 0) is 6.54 Å². The highest BCUT2D eigenvalue weighted by Crippen LogP contribution is 2.00. The van der Waals surface area contributed by atoms with Gasteiger partial charge < -0.3 is 15.2 Å². The third-order valence-corrected chi connectivity index (χ3v) is 1.78. The highest BCUT2D eigenvalue weighted by Gasteiger charge is 2.12. The Kier molecular flexibility index (Phi) is 7.19. The monoisotopic (exact) mass is 367 g/mol. The van der Waals surface area contributed by atoms with Crippen molar-refractivity contribution in [3.8, 4) is 0 Å². The van der Waals surface area contributed by atoms with Crippen molar-refractivity contribution in [2.75, 3.05) is 6.54 Å². The SMILES string of the molecule is CCNC(=NCc1nc(C)no1)NC(C)(C)C.I. The molecule has 104 valence electrons. The number of rotatable bonds is 3. The van der Waals surface area contributed by atoms with Gasteiger partial charge in [-0.05, 0) is 34.6 Å². The first-order valence-corrected chi connectivity index (χ1v) is 5.76. The highest BCUT2D eigenvalue weighted by atomic mass is 127. The van der Waals surface area contributed by atoms with Gasteiger partial charge in [-0.25, -0.2) is 4.99 Å². The Balaban J connectivity index is 0.00000289. The van der Waals surface area contributed by atoms with E-state index in [1.54, 1.807) is 6.92 Å². The molecule has 0 radical (unpaired) electrons. The van der Waals surface area contributed by atoms with Crippen molar-refractivity contribution in [2.45, 2.75) is 46.7 Å². The van der Waals surface area contributed by atoms with Gasteiger partial charge in [-0.1, -0.05) is 5.16 Å². The Labute approximate surface area is 125 Å². The Morgan fingerprint density at radius 1 is 1.39 bits per heavy atom. The zero-order valence-corrected chi connectivity index (χ0v) is 13.9. The smallest absolute Gasteiger partial charge is 0.248 e. The molecule has 0 unspecified atom stereocenters. The first-order chi connectivity index (χ1) is 7.90. The normalized spacial score (nSPS) is 11.9. The fourth-order valence-electron chi connectivity index (χ4n) is 1.21. The van der Waals surface area contributed by atoms with E-state index in [1.165, 1.54) is 0 Å². The summed E-state index contributed by atoms with van der Waals surface area (Å²) in [6.45, 7) is 11.2. The lowest BCUT2D eigenvalue weighted by Crippen LogP contribution is -2.47. The Bertz CT molecular complexity index is 383. The molecule has 2 N–H and O–H groups in total. The maximum Gasteiger partial charge on any atom is 0.248 e. The lowest BCUT2D eigenvalue weighted by atomic mass is 10.1. The van der Waals surface area contributed by atoms with Crippen LogP contribution in [0.15, 0.2) is 9.52 Å². The summed E-state index contributed by atoms with van der Waals surface area (Å²) in [4.78, 5) is 8.48. The van der Waals surface area contributed by atoms with E-state index >= 15 is 0 Å². The van der Waals surface area contributed by atoms with Crippen LogP contribution in [0.3, 0.4) is 0 Å². The molecule has 0 saturated heterocycles. The molecule has 7 heteroatoms. The molecule has 0 spiro atoms. The van der Waals surface area contributed by atoms with Gasteiger partial charge in [0.05, 0.1) is 0 Å². The van der Waals surface area contributed by atoms with Crippen LogP contribution in [0.2, 0.25) is 0 Å². The third-order valence-electron chi connectivity index (χ3n) is 1.78. The van der Waals surface area contributed by atoms with Gasteiger partial charge in [0, 0.05) is 12.1 Å². The zero-order valence-electron chi connectivity index (χ0n) is 11.6. The van der Waals surface area contributed by atoms with E-state index in [4.69, 9.17) is 4.52 Å². The Hall–Kier alpha value is -0.860. The van der Waals surface area contributed by atoms with Gasteiger partial charge in [0.15, 0.2) is 11.8 Å². The van der Waals surface area contributed by atoms with Gasteiger partial charge in [0.2, 0.25) is 5.89 Å². The summed E-state index contributed by atoms with van der Waals surface area (Å²) in [6, 6.07) is 0. The molecule has 0 bridgehead atoms. The van der Waals surface area contributed by atoms with Gasteiger partial charge in [0.1, 0.15) is 6.54 Å². The summed E-state index contributed by atoms with van der Waals surface area (Å²) in [6.07, 6.45) is 0. The molecule has 0 saturated carbocycles. The number of nitrogens with zero attached hydrogens (tertiary/aromatic N) is 3. The predicted molar refractivity (Wildman–Crippen MR) is 82.2 cm³/mol. The number of aromatic nitrogens is 2. The number of hydrogen-bond acceptors (Lipinski definition) is 4. The molecule has 1 aromatic heterocycles. The molecule has 0 aliphatic carbocycles. The third kappa shape index (κ3) is 6.77. The molecule has 0 amide bonds. The number of nitrogens with one attached hydrogen (secondary N) is 2. The Morgan fingerprint density at radius 2 is 2.06 bits per heavy atom. The molecule has 0 aromatic carbocycles. The fraction of sp³-hybridized carbons (Fsp3) is 0.727. The van der Waals surface area contributed by atoms with Crippen LogP contribution in [0.5, 0.6) is 0 Å². The maximum atomic E-state index is 5.00. The molecule has 18 heavy (non-hydrogen) atoms. The summed E-state index contributed by atoms with van der Waals surface area (Å²) in [5.41, 5.74) is -0.0359. The summed E-state index contributed by atoms with van der Waals surface area (Å²) >= 11 is 0. The molecule has 1 aromatic rings. The van der Waals surface area contributed by atoms with E-state index in [9.17, 15) is 0 Å².